The molecular formula is C13H20N2O5. The summed E-state index contributed by atoms with van der Waals surface area (Å²) in [6.45, 7) is 4.81. The van der Waals surface area contributed by atoms with Gasteiger partial charge in [0.1, 0.15) is 0 Å². The second-order valence-corrected chi connectivity index (χ2v) is 5.48. The van der Waals surface area contributed by atoms with Crippen LogP contribution in [0.25, 0.3) is 0 Å². The third kappa shape index (κ3) is 2.83. The zero-order valence-corrected chi connectivity index (χ0v) is 11.7. The van der Waals surface area contributed by atoms with Gasteiger partial charge in [0.2, 0.25) is 11.8 Å². The van der Waals surface area contributed by atoms with Gasteiger partial charge in [-0.05, 0) is 13.8 Å². The van der Waals surface area contributed by atoms with Gasteiger partial charge in [0.25, 0.3) is 0 Å². The standard InChI is InChI=1S/C13H20N2O5/c1-8(2)15-11(16)6-10(13(15)19)14-3-4-20-7-9(14)5-12(17)18/h8-10H,3-7H2,1-2H3,(H,17,18). The number of carboxylic acids is 1. The zero-order chi connectivity index (χ0) is 14.9. The van der Waals surface area contributed by atoms with E-state index in [0.717, 1.165) is 0 Å². The number of likely N-dealkylation sites (tertiary alicyclic amines) is 1. The number of imide groups is 1. The fourth-order valence-electron chi connectivity index (χ4n) is 2.89. The zero-order valence-electron chi connectivity index (χ0n) is 11.7. The summed E-state index contributed by atoms with van der Waals surface area (Å²) in [5, 5.41) is 8.94. The van der Waals surface area contributed by atoms with Crippen molar-refractivity contribution < 1.29 is 24.2 Å². The van der Waals surface area contributed by atoms with Gasteiger partial charge in [-0.1, -0.05) is 0 Å². The van der Waals surface area contributed by atoms with Crippen LogP contribution in [0, 0.1) is 0 Å². The Morgan fingerprint density at radius 1 is 1.45 bits per heavy atom. The molecular weight excluding hydrogens is 264 g/mol. The monoisotopic (exact) mass is 284 g/mol. The van der Waals surface area contributed by atoms with Crippen LogP contribution in [-0.2, 0) is 19.1 Å². The van der Waals surface area contributed by atoms with Crippen molar-refractivity contribution in [1.29, 1.82) is 0 Å². The Morgan fingerprint density at radius 2 is 2.15 bits per heavy atom. The average molecular weight is 284 g/mol. The fraction of sp³-hybridized carbons (Fsp3) is 0.769. The van der Waals surface area contributed by atoms with Crippen molar-refractivity contribution in [3.05, 3.63) is 0 Å². The van der Waals surface area contributed by atoms with Gasteiger partial charge in [0.15, 0.2) is 0 Å². The first kappa shape index (κ1) is 14.9. The minimum Gasteiger partial charge on any atom is -0.481 e. The van der Waals surface area contributed by atoms with Gasteiger partial charge in [-0.3, -0.25) is 24.2 Å². The number of carbonyl (C=O) groups excluding carboxylic acids is 2. The molecule has 2 saturated heterocycles. The van der Waals surface area contributed by atoms with E-state index in [4.69, 9.17) is 9.84 Å². The molecule has 0 saturated carbocycles. The minimum absolute atomic E-state index is 0.0837. The van der Waals surface area contributed by atoms with Crippen molar-refractivity contribution in [3.63, 3.8) is 0 Å². The SMILES string of the molecule is CC(C)N1C(=O)CC(N2CCOCC2CC(=O)O)C1=O. The molecule has 0 spiro atoms. The highest BCUT2D eigenvalue weighted by atomic mass is 16.5. The predicted octanol–water partition coefficient (Wildman–Crippen LogP) is -0.302. The lowest BCUT2D eigenvalue weighted by atomic mass is 10.1. The molecule has 7 heteroatoms. The maximum absolute atomic E-state index is 12.4. The Bertz CT molecular complexity index is 423. The molecule has 2 aliphatic rings. The van der Waals surface area contributed by atoms with Crippen molar-refractivity contribution in [2.24, 2.45) is 0 Å². The molecule has 112 valence electrons. The number of hydrogen-bond donors (Lipinski definition) is 1. The van der Waals surface area contributed by atoms with Crippen LogP contribution in [0.2, 0.25) is 0 Å². The molecule has 0 aromatic rings. The molecule has 2 fully saturated rings. The molecule has 2 heterocycles. The lowest BCUT2D eigenvalue weighted by Gasteiger charge is -2.37. The van der Waals surface area contributed by atoms with Crippen LogP contribution in [0.4, 0.5) is 0 Å². The van der Waals surface area contributed by atoms with Crippen LogP contribution >= 0.6 is 0 Å². The number of rotatable bonds is 4. The van der Waals surface area contributed by atoms with Crippen molar-refractivity contribution in [2.45, 2.75) is 44.8 Å². The molecule has 7 nitrogen and oxygen atoms in total. The lowest BCUT2D eigenvalue weighted by molar-refractivity contribution is -0.146. The Kier molecular flexibility index (Phi) is 4.39. The van der Waals surface area contributed by atoms with Gasteiger partial charge in [-0.2, -0.15) is 0 Å². The molecule has 0 bridgehead atoms. The van der Waals surface area contributed by atoms with Crippen LogP contribution in [0.5, 0.6) is 0 Å². The first-order valence-electron chi connectivity index (χ1n) is 6.83. The number of nitrogens with zero attached hydrogens (tertiary/aromatic N) is 2. The molecule has 0 aliphatic carbocycles. The molecule has 2 amide bonds. The topological polar surface area (TPSA) is 87.2 Å². The minimum atomic E-state index is -0.928. The van der Waals surface area contributed by atoms with Gasteiger partial charge in [-0.15, -0.1) is 0 Å². The van der Waals surface area contributed by atoms with E-state index in [1.54, 1.807) is 13.8 Å². The second-order valence-electron chi connectivity index (χ2n) is 5.48. The summed E-state index contributed by atoms with van der Waals surface area (Å²) in [5.74, 6) is -1.33. The van der Waals surface area contributed by atoms with Crippen LogP contribution < -0.4 is 0 Å². The Balaban J connectivity index is 2.14. The third-order valence-electron chi connectivity index (χ3n) is 3.76. The van der Waals surface area contributed by atoms with Crippen LogP contribution in [0.3, 0.4) is 0 Å². The summed E-state index contributed by atoms with van der Waals surface area (Å²) in [5.41, 5.74) is 0. The van der Waals surface area contributed by atoms with Gasteiger partial charge >= 0.3 is 5.97 Å². The van der Waals surface area contributed by atoms with E-state index in [0.29, 0.717) is 13.2 Å². The summed E-state index contributed by atoms with van der Waals surface area (Å²) in [4.78, 5) is 38.3. The van der Waals surface area contributed by atoms with E-state index < -0.39 is 12.0 Å². The molecule has 2 atom stereocenters. The van der Waals surface area contributed by atoms with Crippen LogP contribution in [0.1, 0.15) is 26.7 Å². The third-order valence-corrected chi connectivity index (χ3v) is 3.76. The molecule has 0 aromatic carbocycles. The van der Waals surface area contributed by atoms with E-state index in [2.05, 4.69) is 0 Å². The fourth-order valence-corrected chi connectivity index (χ4v) is 2.89. The average Bonchev–Trinajstić information content (AvgIpc) is 2.64. The Labute approximate surface area is 117 Å². The number of carboxylic acid groups (broad SMARTS) is 1. The molecule has 20 heavy (non-hydrogen) atoms. The Hall–Kier alpha value is -1.47. The maximum atomic E-state index is 12.4. The first-order valence-corrected chi connectivity index (χ1v) is 6.83. The molecule has 2 aliphatic heterocycles. The molecule has 1 N–H and O–H groups in total. The number of aliphatic carboxylic acids is 1. The maximum Gasteiger partial charge on any atom is 0.305 e. The number of hydrogen-bond acceptors (Lipinski definition) is 5. The highest BCUT2D eigenvalue weighted by Gasteiger charge is 2.45. The second kappa shape index (κ2) is 5.88. The first-order chi connectivity index (χ1) is 9.41. The van der Waals surface area contributed by atoms with Gasteiger partial charge in [-0.25, -0.2) is 0 Å². The van der Waals surface area contributed by atoms with E-state index in [9.17, 15) is 14.4 Å². The molecule has 0 aromatic heterocycles. The number of morpholine rings is 1. The van der Waals surface area contributed by atoms with Crippen molar-refractivity contribution in [3.8, 4) is 0 Å². The van der Waals surface area contributed by atoms with Crippen molar-refractivity contribution in [2.75, 3.05) is 19.8 Å². The highest BCUT2D eigenvalue weighted by Crippen LogP contribution is 2.25. The Morgan fingerprint density at radius 3 is 2.70 bits per heavy atom. The van der Waals surface area contributed by atoms with Crippen LogP contribution in [-0.4, -0.2) is 70.6 Å². The van der Waals surface area contributed by atoms with E-state index >= 15 is 0 Å². The summed E-state index contributed by atoms with van der Waals surface area (Å²) >= 11 is 0. The lowest BCUT2D eigenvalue weighted by Crippen LogP contribution is -2.54. The summed E-state index contributed by atoms with van der Waals surface area (Å²) in [7, 11) is 0. The number of amides is 2. The van der Waals surface area contributed by atoms with Crippen LogP contribution in [0.15, 0.2) is 0 Å². The summed E-state index contributed by atoms with van der Waals surface area (Å²) in [6.07, 6.45) is 0.0484. The summed E-state index contributed by atoms with van der Waals surface area (Å²) in [6, 6.07) is -1.06. The molecule has 2 unspecified atom stereocenters. The van der Waals surface area contributed by atoms with Gasteiger partial charge in [0, 0.05) is 18.6 Å². The molecule has 0 radical (unpaired) electrons. The van der Waals surface area contributed by atoms with Crippen molar-refractivity contribution in [1.82, 2.24) is 9.80 Å². The van der Waals surface area contributed by atoms with Crippen molar-refractivity contribution >= 4 is 17.8 Å². The predicted molar refractivity (Wildman–Crippen MR) is 69.0 cm³/mol. The number of ether oxygens (including phenoxy) is 1. The highest BCUT2D eigenvalue weighted by molar-refractivity contribution is 6.05. The largest absolute Gasteiger partial charge is 0.481 e. The van der Waals surface area contributed by atoms with E-state index in [1.165, 1.54) is 4.90 Å². The molecule has 2 rings (SSSR count). The quantitative estimate of drug-likeness (QED) is 0.713. The summed E-state index contributed by atoms with van der Waals surface area (Å²) < 4.78 is 5.29. The normalized spacial score (nSPS) is 28.4. The van der Waals surface area contributed by atoms with E-state index in [1.807, 2.05) is 4.90 Å². The number of carbonyl (C=O) groups is 3. The van der Waals surface area contributed by atoms with E-state index in [-0.39, 0.29) is 43.3 Å². The smallest absolute Gasteiger partial charge is 0.305 e. The van der Waals surface area contributed by atoms with Gasteiger partial charge in [0.05, 0.1) is 32.1 Å². The van der Waals surface area contributed by atoms with Gasteiger partial charge < -0.3 is 9.84 Å².